The van der Waals surface area contributed by atoms with Crippen LogP contribution < -0.4 is 0 Å². The zero-order valence-corrected chi connectivity index (χ0v) is 10.9. The molecule has 1 aliphatic rings. The summed E-state index contributed by atoms with van der Waals surface area (Å²) in [5.41, 5.74) is 0.736. The normalized spacial score (nSPS) is 14.9. The average molecular weight is 262 g/mol. The lowest BCUT2D eigenvalue weighted by Crippen LogP contribution is -2.08. The molecule has 6 heteroatoms. The Balaban J connectivity index is 1.66. The molecule has 0 amide bonds. The topological polar surface area (TPSA) is 52.7 Å². The molecule has 3 rings (SSSR count). The van der Waals surface area contributed by atoms with E-state index in [1.165, 1.54) is 24.6 Å². The second-order valence-electron chi connectivity index (χ2n) is 4.47. The van der Waals surface area contributed by atoms with Crippen molar-refractivity contribution in [2.24, 2.45) is 7.05 Å². The average Bonchev–Trinajstić information content (AvgIpc) is 2.94. The summed E-state index contributed by atoms with van der Waals surface area (Å²) in [6.45, 7) is 0. The summed E-state index contributed by atoms with van der Waals surface area (Å²) in [7, 11) is 1.88. The second kappa shape index (κ2) is 4.61. The number of thioether (sulfide) groups is 1. The molecule has 0 unspecified atom stereocenters. The molecule has 1 saturated carbocycles. The highest BCUT2D eigenvalue weighted by atomic mass is 32.2. The van der Waals surface area contributed by atoms with Crippen molar-refractivity contribution in [3.05, 3.63) is 30.4 Å². The van der Waals surface area contributed by atoms with Gasteiger partial charge in [0.1, 0.15) is 6.33 Å². The molecule has 0 bridgehead atoms. The quantitative estimate of drug-likeness (QED) is 0.610. The van der Waals surface area contributed by atoms with Gasteiger partial charge in [0.25, 0.3) is 0 Å². The van der Waals surface area contributed by atoms with Crippen LogP contribution in [0.3, 0.4) is 0 Å². The van der Waals surface area contributed by atoms with Gasteiger partial charge in [0.05, 0.1) is 11.4 Å². The first-order chi connectivity index (χ1) is 8.75. The number of ketones is 1. The third-order valence-electron chi connectivity index (χ3n) is 3.04. The highest BCUT2D eigenvalue weighted by Gasteiger charge is 2.26. The van der Waals surface area contributed by atoms with E-state index >= 15 is 0 Å². The molecular weight excluding hydrogens is 248 g/mol. The molecule has 2 aromatic heterocycles. The van der Waals surface area contributed by atoms with Crippen molar-refractivity contribution in [3.8, 4) is 0 Å². The molecule has 0 radical (unpaired) electrons. The molecule has 2 aromatic rings. The second-order valence-corrected chi connectivity index (χ2v) is 5.41. The van der Waals surface area contributed by atoms with Gasteiger partial charge in [-0.2, -0.15) is 0 Å². The summed E-state index contributed by atoms with van der Waals surface area (Å²) in [6, 6.07) is 4.27. The van der Waals surface area contributed by atoms with Crippen molar-refractivity contribution in [1.82, 2.24) is 19.3 Å². The summed E-state index contributed by atoms with van der Waals surface area (Å²) in [5, 5.41) is 8.83. The molecule has 2 heterocycles. The zero-order valence-electron chi connectivity index (χ0n) is 10.1. The number of nitrogens with zero attached hydrogens (tertiary/aromatic N) is 4. The Labute approximate surface area is 109 Å². The third-order valence-corrected chi connectivity index (χ3v) is 4.00. The first-order valence-corrected chi connectivity index (χ1v) is 6.91. The first-order valence-electron chi connectivity index (χ1n) is 5.92. The van der Waals surface area contributed by atoms with E-state index in [0.717, 1.165) is 10.9 Å². The Morgan fingerprint density at radius 3 is 3.06 bits per heavy atom. The maximum atomic E-state index is 12.0. The minimum absolute atomic E-state index is 0.123. The first kappa shape index (κ1) is 11.5. The van der Waals surface area contributed by atoms with E-state index in [0.29, 0.717) is 11.8 Å². The van der Waals surface area contributed by atoms with E-state index < -0.39 is 0 Å². The van der Waals surface area contributed by atoms with Gasteiger partial charge in [0.2, 0.25) is 0 Å². The van der Waals surface area contributed by atoms with Gasteiger partial charge in [-0.15, -0.1) is 10.2 Å². The number of hydrogen-bond acceptors (Lipinski definition) is 4. The number of carbonyl (C=O) groups is 1. The number of aromatic nitrogens is 4. The van der Waals surface area contributed by atoms with E-state index in [1.807, 2.05) is 29.9 Å². The van der Waals surface area contributed by atoms with E-state index in [1.54, 1.807) is 6.33 Å². The minimum atomic E-state index is 0.123. The Morgan fingerprint density at radius 2 is 2.39 bits per heavy atom. The van der Waals surface area contributed by atoms with Crippen molar-refractivity contribution < 1.29 is 4.79 Å². The SMILES string of the molecule is Cn1cccc1C(=O)CSc1nncn1C1CC1. The minimum Gasteiger partial charge on any atom is -0.348 e. The predicted octanol–water partition coefficient (Wildman–Crippen LogP) is 1.93. The van der Waals surface area contributed by atoms with Gasteiger partial charge in [0.15, 0.2) is 10.9 Å². The molecule has 94 valence electrons. The maximum absolute atomic E-state index is 12.0. The van der Waals surface area contributed by atoms with Gasteiger partial charge in [-0.3, -0.25) is 4.79 Å². The van der Waals surface area contributed by atoms with Gasteiger partial charge < -0.3 is 9.13 Å². The zero-order chi connectivity index (χ0) is 12.5. The fourth-order valence-electron chi connectivity index (χ4n) is 1.89. The van der Waals surface area contributed by atoms with Crippen molar-refractivity contribution in [1.29, 1.82) is 0 Å². The lowest BCUT2D eigenvalue weighted by atomic mass is 10.3. The van der Waals surface area contributed by atoms with Gasteiger partial charge in [-0.1, -0.05) is 11.8 Å². The molecule has 1 fully saturated rings. The number of carbonyl (C=O) groups excluding carboxylic acids is 1. The van der Waals surface area contributed by atoms with Crippen LogP contribution in [0.2, 0.25) is 0 Å². The van der Waals surface area contributed by atoms with Crippen LogP contribution in [-0.2, 0) is 7.05 Å². The van der Waals surface area contributed by atoms with E-state index in [9.17, 15) is 4.79 Å². The van der Waals surface area contributed by atoms with E-state index in [4.69, 9.17) is 0 Å². The smallest absolute Gasteiger partial charge is 0.191 e. The summed E-state index contributed by atoms with van der Waals surface area (Å²) >= 11 is 1.46. The van der Waals surface area contributed by atoms with Gasteiger partial charge in [-0.05, 0) is 25.0 Å². The third kappa shape index (κ3) is 2.20. The molecular formula is C12H14N4OS. The van der Waals surface area contributed by atoms with Crippen LogP contribution in [0.5, 0.6) is 0 Å². The van der Waals surface area contributed by atoms with Crippen molar-refractivity contribution in [2.45, 2.75) is 24.0 Å². The lowest BCUT2D eigenvalue weighted by Gasteiger charge is -2.04. The molecule has 5 nitrogen and oxygen atoms in total. The van der Waals surface area contributed by atoms with Gasteiger partial charge in [-0.25, -0.2) is 0 Å². The van der Waals surface area contributed by atoms with Crippen LogP contribution in [0.15, 0.2) is 29.8 Å². The maximum Gasteiger partial charge on any atom is 0.191 e. The van der Waals surface area contributed by atoms with Crippen LogP contribution in [-0.4, -0.2) is 30.9 Å². The number of hydrogen-bond donors (Lipinski definition) is 0. The lowest BCUT2D eigenvalue weighted by molar-refractivity contribution is 0.101. The van der Waals surface area contributed by atoms with Crippen molar-refractivity contribution in [3.63, 3.8) is 0 Å². The fraction of sp³-hybridized carbons (Fsp3) is 0.417. The number of aryl methyl sites for hydroxylation is 1. The monoisotopic (exact) mass is 262 g/mol. The van der Waals surface area contributed by atoms with Crippen molar-refractivity contribution >= 4 is 17.5 Å². The Kier molecular flexibility index (Phi) is 2.95. The van der Waals surface area contributed by atoms with Gasteiger partial charge in [0, 0.05) is 19.3 Å². The molecule has 0 N–H and O–H groups in total. The van der Waals surface area contributed by atoms with E-state index in [2.05, 4.69) is 14.8 Å². The Morgan fingerprint density at radius 1 is 1.56 bits per heavy atom. The highest BCUT2D eigenvalue weighted by molar-refractivity contribution is 7.99. The molecule has 18 heavy (non-hydrogen) atoms. The van der Waals surface area contributed by atoms with Gasteiger partial charge >= 0.3 is 0 Å². The summed E-state index contributed by atoms with van der Waals surface area (Å²) in [4.78, 5) is 12.0. The van der Waals surface area contributed by atoms with E-state index in [-0.39, 0.29) is 5.78 Å². The molecule has 0 aromatic carbocycles. The molecule has 0 atom stereocenters. The van der Waals surface area contributed by atoms with Crippen LogP contribution in [0.1, 0.15) is 29.4 Å². The summed E-state index contributed by atoms with van der Waals surface area (Å²) in [5.74, 6) is 0.529. The number of rotatable bonds is 5. The van der Waals surface area contributed by atoms with Crippen LogP contribution in [0.4, 0.5) is 0 Å². The number of Topliss-reactive ketones (excluding diaryl/α,β-unsaturated/α-hetero) is 1. The Bertz CT molecular complexity index is 570. The predicted molar refractivity (Wildman–Crippen MR) is 68.8 cm³/mol. The summed E-state index contributed by atoms with van der Waals surface area (Å²) < 4.78 is 3.91. The molecule has 0 spiro atoms. The van der Waals surface area contributed by atoms with Crippen LogP contribution >= 0.6 is 11.8 Å². The standard InChI is InChI=1S/C12H14N4OS/c1-15-6-2-3-10(15)11(17)7-18-12-14-13-8-16(12)9-4-5-9/h2-3,6,8-9H,4-5,7H2,1H3. The van der Waals surface area contributed by atoms with Crippen LogP contribution in [0, 0.1) is 0 Å². The van der Waals surface area contributed by atoms with Crippen LogP contribution in [0.25, 0.3) is 0 Å². The largest absolute Gasteiger partial charge is 0.348 e. The molecule has 0 aliphatic heterocycles. The van der Waals surface area contributed by atoms with Crippen molar-refractivity contribution in [2.75, 3.05) is 5.75 Å². The Hall–Kier alpha value is -1.56. The molecule has 1 aliphatic carbocycles. The molecule has 0 saturated heterocycles. The highest BCUT2D eigenvalue weighted by Crippen LogP contribution is 2.37. The summed E-state index contributed by atoms with van der Waals surface area (Å²) in [6.07, 6.45) is 6.02. The fourth-order valence-corrected chi connectivity index (χ4v) is 2.75.